The van der Waals surface area contributed by atoms with Crippen LogP contribution in [-0.4, -0.2) is 21.4 Å². The summed E-state index contributed by atoms with van der Waals surface area (Å²) in [5.74, 6) is 0.462. The summed E-state index contributed by atoms with van der Waals surface area (Å²) in [7, 11) is -2.23. The largest absolute Gasteiger partial charge is 0.497 e. The van der Waals surface area contributed by atoms with Crippen molar-refractivity contribution >= 4 is 27.3 Å². The maximum absolute atomic E-state index is 12.6. The Kier molecular flexibility index (Phi) is 5.46. The molecule has 0 saturated carbocycles. The number of anilines is 2. The zero-order valence-corrected chi connectivity index (χ0v) is 14.6. The lowest BCUT2D eigenvalue weighted by molar-refractivity contribution is -0.115. The smallest absolute Gasteiger partial charge is 0.262 e. The van der Waals surface area contributed by atoms with E-state index in [1.54, 1.807) is 57.4 Å². The highest BCUT2D eigenvalue weighted by atomic mass is 32.2. The number of ether oxygens (including phenoxy) is 1. The van der Waals surface area contributed by atoms with E-state index in [9.17, 15) is 13.2 Å². The molecule has 0 radical (unpaired) electrons. The Morgan fingerprint density at radius 2 is 1.71 bits per heavy atom. The summed E-state index contributed by atoms with van der Waals surface area (Å²) in [6.45, 7) is 3.43. The van der Waals surface area contributed by atoms with Crippen LogP contribution in [0.4, 0.5) is 11.4 Å². The van der Waals surface area contributed by atoms with Gasteiger partial charge in [0.1, 0.15) is 5.75 Å². The molecule has 0 atom stereocenters. The third kappa shape index (κ3) is 4.26. The van der Waals surface area contributed by atoms with Crippen LogP contribution in [0, 0.1) is 6.92 Å². The first kappa shape index (κ1) is 17.8. The van der Waals surface area contributed by atoms with Crippen molar-refractivity contribution in [2.24, 2.45) is 0 Å². The first-order chi connectivity index (χ1) is 11.4. The molecule has 6 nitrogen and oxygen atoms in total. The van der Waals surface area contributed by atoms with Gasteiger partial charge in [-0.15, -0.1) is 0 Å². The number of nitrogens with one attached hydrogen (secondary N) is 2. The van der Waals surface area contributed by atoms with Gasteiger partial charge in [-0.25, -0.2) is 8.42 Å². The van der Waals surface area contributed by atoms with Gasteiger partial charge >= 0.3 is 0 Å². The fourth-order valence-corrected chi connectivity index (χ4v) is 3.42. The molecule has 128 valence electrons. The predicted octanol–water partition coefficient (Wildman–Crippen LogP) is 3.15. The minimum absolute atomic E-state index is 0.118. The van der Waals surface area contributed by atoms with Crippen molar-refractivity contribution in [3.05, 3.63) is 48.0 Å². The van der Waals surface area contributed by atoms with Crippen LogP contribution in [0.5, 0.6) is 5.75 Å². The third-order valence-corrected chi connectivity index (χ3v) is 4.95. The van der Waals surface area contributed by atoms with Gasteiger partial charge in [-0.1, -0.05) is 13.0 Å². The number of hydrogen-bond acceptors (Lipinski definition) is 4. The number of amides is 1. The fourth-order valence-electron chi connectivity index (χ4n) is 2.09. The lowest BCUT2D eigenvalue weighted by atomic mass is 10.2. The van der Waals surface area contributed by atoms with Crippen LogP contribution in [-0.2, 0) is 14.8 Å². The standard InChI is InChI=1S/C17H20N2O4S/c1-4-17(20)18-14-6-5-12(2)16(11-14)24(21,22)19-13-7-9-15(23-3)10-8-13/h5-11,19H,4H2,1-3H3,(H,18,20). The lowest BCUT2D eigenvalue weighted by Crippen LogP contribution is -2.15. The van der Waals surface area contributed by atoms with Gasteiger partial charge in [0.25, 0.3) is 10.0 Å². The van der Waals surface area contributed by atoms with Crippen LogP contribution in [0.3, 0.4) is 0 Å². The Bertz CT molecular complexity index is 830. The van der Waals surface area contributed by atoms with E-state index >= 15 is 0 Å². The second-order valence-electron chi connectivity index (χ2n) is 5.22. The van der Waals surface area contributed by atoms with Gasteiger partial charge in [0.15, 0.2) is 0 Å². The summed E-state index contributed by atoms with van der Waals surface area (Å²) in [5, 5.41) is 2.66. The van der Waals surface area contributed by atoms with Crippen LogP contribution in [0.15, 0.2) is 47.4 Å². The summed E-state index contributed by atoms with van der Waals surface area (Å²) in [5.41, 5.74) is 1.46. The molecule has 0 fully saturated rings. The molecule has 0 unspecified atom stereocenters. The van der Waals surface area contributed by atoms with E-state index in [-0.39, 0.29) is 10.8 Å². The zero-order valence-electron chi connectivity index (χ0n) is 13.8. The molecule has 0 heterocycles. The van der Waals surface area contributed by atoms with E-state index < -0.39 is 10.0 Å². The SMILES string of the molecule is CCC(=O)Nc1ccc(C)c(S(=O)(=O)Nc2ccc(OC)cc2)c1. The van der Waals surface area contributed by atoms with Crippen molar-refractivity contribution in [1.29, 1.82) is 0 Å². The lowest BCUT2D eigenvalue weighted by Gasteiger charge is -2.13. The molecule has 0 aliphatic carbocycles. The Morgan fingerprint density at radius 1 is 1.08 bits per heavy atom. The van der Waals surface area contributed by atoms with Crippen LogP contribution >= 0.6 is 0 Å². The van der Waals surface area contributed by atoms with Crippen molar-refractivity contribution in [3.63, 3.8) is 0 Å². The minimum Gasteiger partial charge on any atom is -0.497 e. The van der Waals surface area contributed by atoms with E-state index in [1.165, 1.54) is 6.07 Å². The molecule has 24 heavy (non-hydrogen) atoms. The summed E-state index contributed by atoms with van der Waals surface area (Å²) < 4.78 is 32.8. The monoisotopic (exact) mass is 348 g/mol. The maximum Gasteiger partial charge on any atom is 0.262 e. The number of methoxy groups -OCH3 is 1. The first-order valence-electron chi connectivity index (χ1n) is 7.43. The molecule has 0 aromatic heterocycles. The normalized spacial score (nSPS) is 11.0. The van der Waals surface area contributed by atoms with Crippen LogP contribution < -0.4 is 14.8 Å². The Hall–Kier alpha value is -2.54. The zero-order chi connectivity index (χ0) is 17.7. The van der Waals surface area contributed by atoms with Crippen LogP contribution in [0.25, 0.3) is 0 Å². The van der Waals surface area contributed by atoms with Crippen molar-refractivity contribution in [2.45, 2.75) is 25.2 Å². The van der Waals surface area contributed by atoms with Gasteiger partial charge in [0, 0.05) is 17.8 Å². The molecular formula is C17H20N2O4S. The summed E-state index contributed by atoms with van der Waals surface area (Å²) >= 11 is 0. The highest BCUT2D eigenvalue weighted by Gasteiger charge is 2.18. The quantitative estimate of drug-likeness (QED) is 0.840. The predicted molar refractivity (Wildman–Crippen MR) is 93.9 cm³/mol. The van der Waals surface area contributed by atoms with E-state index in [0.717, 1.165) is 0 Å². The molecule has 2 N–H and O–H groups in total. The van der Waals surface area contributed by atoms with E-state index in [1.807, 2.05) is 0 Å². The first-order valence-corrected chi connectivity index (χ1v) is 8.91. The Balaban J connectivity index is 2.30. The minimum atomic E-state index is -3.77. The molecule has 0 bridgehead atoms. The number of sulfonamides is 1. The van der Waals surface area contributed by atoms with Crippen LogP contribution in [0.2, 0.25) is 0 Å². The topological polar surface area (TPSA) is 84.5 Å². The van der Waals surface area contributed by atoms with Gasteiger partial charge in [0.05, 0.1) is 12.0 Å². The molecule has 0 aliphatic rings. The van der Waals surface area contributed by atoms with Crippen molar-refractivity contribution in [3.8, 4) is 5.75 Å². The Labute approximate surface area is 141 Å². The number of benzene rings is 2. The summed E-state index contributed by atoms with van der Waals surface area (Å²) in [6.07, 6.45) is 0.320. The average Bonchev–Trinajstić information content (AvgIpc) is 2.56. The molecule has 7 heteroatoms. The highest BCUT2D eigenvalue weighted by molar-refractivity contribution is 7.92. The number of rotatable bonds is 6. The number of hydrogen-bond donors (Lipinski definition) is 2. The average molecular weight is 348 g/mol. The molecule has 2 rings (SSSR count). The molecule has 0 saturated heterocycles. The van der Waals surface area contributed by atoms with Gasteiger partial charge < -0.3 is 10.1 Å². The maximum atomic E-state index is 12.6. The molecule has 0 aliphatic heterocycles. The number of aryl methyl sites for hydroxylation is 1. The van der Waals surface area contributed by atoms with E-state index in [2.05, 4.69) is 10.0 Å². The second-order valence-corrected chi connectivity index (χ2v) is 6.87. The second kappa shape index (κ2) is 7.35. The third-order valence-electron chi connectivity index (χ3n) is 3.42. The highest BCUT2D eigenvalue weighted by Crippen LogP contribution is 2.24. The van der Waals surface area contributed by atoms with E-state index in [0.29, 0.717) is 29.1 Å². The number of carbonyl (C=O) groups excluding carboxylic acids is 1. The van der Waals surface area contributed by atoms with Gasteiger partial charge in [0.2, 0.25) is 5.91 Å². The molecule has 2 aromatic carbocycles. The molecule has 0 spiro atoms. The number of carbonyl (C=O) groups is 1. The van der Waals surface area contributed by atoms with E-state index in [4.69, 9.17) is 4.74 Å². The van der Waals surface area contributed by atoms with Gasteiger partial charge in [-0.2, -0.15) is 0 Å². The van der Waals surface area contributed by atoms with Crippen molar-refractivity contribution < 1.29 is 17.9 Å². The molecule has 2 aromatic rings. The van der Waals surface area contributed by atoms with Gasteiger partial charge in [-0.05, 0) is 48.9 Å². The molecule has 1 amide bonds. The molecular weight excluding hydrogens is 328 g/mol. The summed E-state index contributed by atoms with van der Waals surface area (Å²) in [4.78, 5) is 11.6. The van der Waals surface area contributed by atoms with Crippen molar-refractivity contribution in [1.82, 2.24) is 0 Å². The Morgan fingerprint density at radius 3 is 2.29 bits per heavy atom. The van der Waals surface area contributed by atoms with Crippen molar-refractivity contribution in [2.75, 3.05) is 17.1 Å². The van der Waals surface area contributed by atoms with Crippen LogP contribution in [0.1, 0.15) is 18.9 Å². The summed E-state index contributed by atoms with van der Waals surface area (Å²) in [6, 6.07) is 11.4. The van der Waals surface area contributed by atoms with Gasteiger partial charge in [-0.3, -0.25) is 9.52 Å². The fraction of sp³-hybridized carbons (Fsp3) is 0.235.